The molecule has 5 aromatic rings. The fraction of sp³-hybridized carbons (Fsp3) is 0. The Labute approximate surface area is 183 Å². The van der Waals surface area contributed by atoms with Gasteiger partial charge >= 0.3 is 0 Å². The van der Waals surface area contributed by atoms with Crippen molar-refractivity contribution in [2.75, 3.05) is 5.32 Å². The molecule has 0 radical (unpaired) electrons. The van der Waals surface area contributed by atoms with E-state index >= 15 is 0 Å². The molecular formula is C30H23N. The van der Waals surface area contributed by atoms with Gasteiger partial charge in [-0.25, -0.2) is 0 Å². The van der Waals surface area contributed by atoms with E-state index in [1.807, 2.05) is 18.2 Å². The fourth-order valence-corrected chi connectivity index (χ4v) is 3.83. The number of nitrogens with one attached hydrogen (secondary N) is 1. The molecule has 0 fully saturated rings. The van der Waals surface area contributed by atoms with Gasteiger partial charge in [0, 0.05) is 11.4 Å². The van der Waals surface area contributed by atoms with Crippen molar-refractivity contribution >= 4 is 33.8 Å². The zero-order chi connectivity index (χ0) is 20.9. The van der Waals surface area contributed by atoms with E-state index in [1.54, 1.807) is 0 Å². The van der Waals surface area contributed by atoms with Crippen molar-refractivity contribution in [1.29, 1.82) is 0 Å². The SMILES string of the molecule is C(=C(c1ccccc1)c1ccc2ccccc2c1)c1ccc(Nc2ccccc2)cc1. The Hall–Kier alpha value is -4.10. The van der Waals surface area contributed by atoms with Gasteiger partial charge in [-0.3, -0.25) is 0 Å². The Bertz CT molecular complexity index is 1320. The van der Waals surface area contributed by atoms with Crippen LogP contribution in [0.15, 0.2) is 127 Å². The minimum Gasteiger partial charge on any atom is -0.356 e. The van der Waals surface area contributed by atoms with E-state index in [2.05, 4.69) is 121 Å². The molecule has 0 bridgehead atoms. The maximum atomic E-state index is 3.45. The van der Waals surface area contributed by atoms with Gasteiger partial charge in [0.25, 0.3) is 0 Å². The predicted molar refractivity (Wildman–Crippen MR) is 134 cm³/mol. The smallest absolute Gasteiger partial charge is 0.0384 e. The topological polar surface area (TPSA) is 12.0 Å². The first-order valence-electron chi connectivity index (χ1n) is 10.5. The third kappa shape index (κ3) is 4.41. The minimum atomic E-state index is 1.08. The third-order valence-electron chi connectivity index (χ3n) is 5.43. The molecule has 0 atom stereocenters. The van der Waals surface area contributed by atoms with Crippen LogP contribution in [0.3, 0.4) is 0 Å². The summed E-state index contributed by atoms with van der Waals surface area (Å²) in [5, 5.41) is 5.96. The summed E-state index contributed by atoms with van der Waals surface area (Å²) in [6.45, 7) is 0. The third-order valence-corrected chi connectivity index (χ3v) is 5.43. The van der Waals surface area contributed by atoms with E-state index in [4.69, 9.17) is 0 Å². The molecule has 0 aliphatic heterocycles. The highest BCUT2D eigenvalue weighted by Gasteiger charge is 2.07. The summed E-state index contributed by atoms with van der Waals surface area (Å²) in [6.07, 6.45) is 2.27. The van der Waals surface area contributed by atoms with Crippen LogP contribution in [0.2, 0.25) is 0 Å². The Morgan fingerprint density at radius 3 is 1.84 bits per heavy atom. The Morgan fingerprint density at radius 1 is 0.484 bits per heavy atom. The van der Waals surface area contributed by atoms with Gasteiger partial charge in [0.15, 0.2) is 0 Å². The Morgan fingerprint density at radius 2 is 1.10 bits per heavy atom. The molecule has 0 unspecified atom stereocenters. The van der Waals surface area contributed by atoms with Gasteiger partial charge in [0.2, 0.25) is 0 Å². The van der Waals surface area contributed by atoms with Crippen LogP contribution in [-0.4, -0.2) is 0 Å². The standard InChI is InChI=1S/C30H23N/c1-3-10-25(11-4-1)30(27-18-17-24-9-7-8-12-26(24)22-27)21-23-15-19-29(20-16-23)31-28-13-5-2-6-14-28/h1-22,31H. The van der Waals surface area contributed by atoms with Crippen molar-refractivity contribution in [3.05, 3.63) is 144 Å². The van der Waals surface area contributed by atoms with Crippen LogP contribution in [0.25, 0.3) is 22.4 Å². The van der Waals surface area contributed by atoms with E-state index in [-0.39, 0.29) is 0 Å². The maximum Gasteiger partial charge on any atom is 0.0384 e. The van der Waals surface area contributed by atoms with Crippen LogP contribution in [-0.2, 0) is 0 Å². The van der Waals surface area contributed by atoms with E-state index in [0.717, 1.165) is 11.4 Å². The van der Waals surface area contributed by atoms with Crippen LogP contribution in [0.1, 0.15) is 16.7 Å². The number of benzene rings is 5. The molecular weight excluding hydrogens is 374 g/mol. The predicted octanol–water partition coefficient (Wildman–Crippen LogP) is 8.17. The lowest BCUT2D eigenvalue weighted by Crippen LogP contribution is -1.91. The van der Waals surface area contributed by atoms with Gasteiger partial charge in [0.1, 0.15) is 0 Å². The first-order valence-corrected chi connectivity index (χ1v) is 10.5. The molecule has 5 aromatic carbocycles. The lowest BCUT2D eigenvalue weighted by Gasteiger charge is -2.11. The molecule has 0 aliphatic carbocycles. The second kappa shape index (κ2) is 8.73. The fourth-order valence-electron chi connectivity index (χ4n) is 3.83. The molecule has 0 amide bonds. The number of para-hydroxylation sites is 1. The largest absolute Gasteiger partial charge is 0.356 e. The molecule has 1 nitrogen and oxygen atoms in total. The second-order valence-electron chi connectivity index (χ2n) is 7.60. The highest BCUT2D eigenvalue weighted by atomic mass is 14.9. The highest BCUT2D eigenvalue weighted by Crippen LogP contribution is 2.29. The van der Waals surface area contributed by atoms with Crippen molar-refractivity contribution in [1.82, 2.24) is 0 Å². The van der Waals surface area contributed by atoms with Crippen LogP contribution >= 0.6 is 0 Å². The van der Waals surface area contributed by atoms with E-state index in [0.29, 0.717) is 0 Å². The van der Waals surface area contributed by atoms with Crippen molar-refractivity contribution in [2.45, 2.75) is 0 Å². The lowest BCUT2D eigenvalue weighted by molar-refractivity contribution is 1.53. The van der Waals surface area contributed by atoms with Gasteiger partial charge in [0.05, 0.1) is 0 Å². The van der Waals surface area contributed by atoms with Gasteiger partial charge in [-0.1, -0.05) is 97.1 Å². The summed E-state index contributed by atoms with van der Waals surface area (Å²) < 4.78 is 0. The molecule has 1 N–H and O–H groups in total. The zero-order valence-corrected chi connectivity index (χ0v) is 17.2. The van der Waals surface area contributed by atoms with Crippen molar-refractivity contribution in [3.8, 4) is 0 Å². The van der Waals surface area contributed by atoms with Gasteiger partial charge in [-0.05, 0) is 69.4 Å². The first kappa shape index (κ1) is 18.9. The summed E-state index contributed by atoms with van der Waals surface area (Å²) in [7, 11) is 0. The number of fused-ring (bicyclic) bond motifs is 1. The normalized spacial score (nSPS) is 11.4. The molecule has 1 heteroatoms. The summed E-state index contributed by atoms with van der Waals surface area (Å²) in [5.41, 5.74) is 6.99. The number of hydrogen-bond acceptors (Lipinski definition) is 1. The molecule has 0 saturated heterocycles. The average molecular weight is 398 g/mol. The highest BCUT2D eigenvalue weighted by molar-refractivity contribution is 5.95. The van der Waals surface area contributed by atoms with Crippen LogP contribution in [0.4, 0.5) is 11.4 Å². The molecule has 0 spiro atoms. The Balaban J connectivity index is 1.52. The first-order chi connectivity index (χ1) is 15.3. The molecule has 0 aliphatic rings. The number of rotatable bonds is 5. The average Bonchev–Trinajstić information content (AvgIpc) is 2.84. The summed E-state index contributed by atoms with van der Waals surface area (Å²) in [6, 6.07) is 44.6. The van der Waals surface area contributed by atoms with Crippen LogP contribution in [0.5, 0.6) is 0 Å². The lowest BCUT2D eigenvalue weighted by atomic mass is 9.94. The zero-order valence-electron chi connectivity index (χ0n) is 17.2. The summed E-state index contributed by atoms with van der Waals surface area (Å²) in [4.78, 5) is 0. The van der Waals surface area contributed by atoms with Crippen LogP contribution in [0, 0.1) is 0 Å². The molecule has 5 rings (SSSR count). The Kier molecular flexibility index (Phi) is 5.32. The van der Waals surface area contributed by atoms with Crippen molar-refractivity contribution in [3.63, 3.8) is 0 Å². The monoisotopic (exact) mass is 397 g/mol. The minimum absolute atomic E-state index is 1.08. The number of anilines is 2. The van der Waals surface area contributed by atoms with E-state index in [1.165, 1.54) is 33.0 Å². The van der Waals surface area contributed by atoms with Crippen LogP contribution < -0.4 is 5.32 Å². The summed E-state index contributed by atoms with van der Waals surface area (Å²) >= 11 is 0. The second-order valence-corrected chi connectivity index (χ2v) is 7.60. The molecule has 148 valence electrons. The van der Waals surface area contributed by atoms with E-state index in [9.17, 15) is 0 Å². The van der Waals surface area contributed by atoms with Crippen molar-refractivity contribution in [2.24, 2.45) is 0 Å². The number of hydrogen-bond donors (Lipinski definition) is 1. The molecule has 31 heavy (non-hydrogen) atoms. The van der Waals surface area contributed by atoms with E-state index < -0.39 is 0 Å². The summed E-state index contributed by atoms with van der Waals surface area (Å²) in [5.74, 6) is 0. The molecule has 0 saturated carbocycles. The molecule has 0 heterocycles. The van der Waals surface area contributed by atoms with Gasteiger partial charge in [-0.2, -0.15) is 0 Å². The van der Waals surface area contributed by atoms with Crippen molar-refractivity contribution < 1.29 is 0 Å². The quantitative estimate of drug-likeness (QED) is 0.295. The molecule has 0 aromatic heterocycles. The maximum absolute atomic E-state index is 3.45. The van der Waals surface area contributed by atoms with Gasteiger partial charge in [-0.15, -0.1) is 0 Å². The van der Waals surface area contributed by atoms with Gasteiger partial charge < -0.3 is 5.32 Å².